The van der Waals surface area contributed by atoms with Gasteiger partial charge in [0, 0.05) is 35.5 Å². The van der Waals surface area contributed by atoms with E-state index in [4.69, 9.17) is 16.2 Å². The summed E-state index contributed by atoms with van der Waals surface area (Å²) < 4.78 is 14.3. The van der Waals surface area contributed by atoms with Crippen LogP contribution in [0.2, 0.25) is 0 Å². The molecule has 0 unspecified atom stereocenters. The standard InChI is InChI=1S/C24H23FN4O3/c1-14-3-2-4-16(9-14)23(30)29-13-19-8-5-15(22(26)27)11-21(19)28-12-18-7-6-17(24(31)32)10-20(18)25/h2-11,28H,12-13H2,1H3,(H3,26,27)(H,29,30)(H,31,32). The normalized spacial score (nSPS) is 10.4. The number of carboxylic acid groups (broad SMARTS) is 1. The largest absolute Gasteiger partial charge is 0.478 e. The lowest BCUT2D eigenvalue weighted by molar-refractivity contribution is 0.0696. The van der Waals surface area contributed by atoms with Crippen LogP contribution >= 0.6 is 0 Å². The SMILES string of the molecule is Cc1cccc(C(=O)NCc2ccc(C(=N)N)cc2NCc2ccc(C(=O)O)cc2F)c1. The Bertz CT molecular complexity index is 1190. The van der Waals surface area contributed by atoms with Crippen LogP contribution in [0.5, 0.6) is 0 Å². The van der Waals surface area contributed by atoms with E-state index in [0.29, 0.717) is 16.8 Å². The average molecular weight is 434 g/mol. The number of carbonyl (C=O) groups is 2. The van der Waals surface area contributed by atoms with Gasteiger partial charge >= 0.3 is 5.97 Å². The maximum absolute atomic E-state index is 14.3. The molecular formula is C24H23FN4O3. The third-order valence-electron chi connectivity index (χ3n) is 4.91. The topological polar surface area (TPSA) is 128 Å². The quantitative estimate of drug-likeness (QED) is 0.273. The predicted octanol–water partition coefficient (Wildman–Crippen LogP) is 3.66. The minimum Gasteiger partial charge on any atom is -0.478 e. The Hall–Kier alpha value is -4.20. The number of rotatable bonds is 8. The number of aromatic carboxylic acids is 1. The molecule has 7 nitrogen and oxygen atoms in total. The zero-order valence-corrected chi connectivity index (χ0v) is 17.4. The summed E-state index contributed by atoms with van der Waals surface area (Å²) in [5.41, 5.74) is 9.02. The first-order valence-corrected chi connectivity index (χ1v) is 9.82. The Balaban J connectivity index is 1.78. The molecule has 0 saturated heterocycles. The van der Waals surface area contributed by atoms with E-state index in [9.17, 15) is 14.0 Å². The van der Waals surface area contributed by atoms with Gasteiger partial charge in [-0.15, -0.1) is 0 Å². The van der Waals surface area contributed by atoms with Crippen molar-refractivity contribution < 1.29 is 19.1 Å². The van der Waals surface area contributed by atoms with Crippen molar-refractivity contribution in [3.63, 3.8) is 0 Å². The smallest absolute Gasteiger partial charge is 0.335 e. The molecule has 0 aromatic heterocycles. The molecule has 0 saturated carbocycles. The number of nitrogens with one attached hydrogen (secondary N) is 3. The maximum Gasteiger partial charge on any atom is 0.335 e. The van der Waals surface area contributed by atoms with E-state index in [-0.39, 0.29) is 36.0 Å². The monoisotopic (exact) mass is 434 g/mol. The Morgan fingerprint density at radius 2 is 1.69 bits per heavy atom. The molecule has 0 radical (unpaired) electrons. The number of carboxylic acids is 1. The molecule has 0 bridgehead atoms. The summed E-state index contributed by atoms with van der Waals surface area (Å²) in [4.78, 5) is 23.5. The van der Waals surface area contributed by atoms with Crippen molar-refractivity contribution in [1.29, 1.82) is 5.41 Å². The second-order valence-electron chi connectivity index (χ2n) is 7.30. The van der Waals surface area contributed by atoms with Crippen molar-refractivity contribution in [2.45, 2.75) is 20.0 Å². The number of benzene rings is 3. The van der Waals surface area contributed by atoms with Crippen molar-refractivity contribution >= 4 is 23.4 Å². The number of nitrogen functional groups attached to an aromatic ring is 1. The van der Waals surface area contributed by atoms with Gasteiger partial charge in [-0.05, 0) is 42.8 Å². The molecule has 0 atom stereocenters. The molecule has 8 heteroatoms. The molecule has 0 aliphatic heterocycles. The number of amidine groups is 1. The van der Waals surface area contributed by atoms with Crippen LogP contribution in [0.25, 0.3) is 0 Å². The van der Waals surface area contributed by atoms with Gasteiger partial charge in [0.05, 0.1) is 5.56 Å². The van der Waals surface area contributed by atoms with Crippen molar-refractivity contribution in [1.82, 2.24) is 5.32 Å². The number of nitrogens with two attached hydrogens (primary N) is 1. The first kappa shape index (κ1) is 22.5. The molecule has 3 aromatic rings. The minimum atomic E-state index is -1.20. The maximum atomic E-state index is 14.3. The summed E-state index contributed by atoms with van der Waals surface area (Å²) in [6, 6.07) is 16.0. The van der Waals surface area contributed by atoms with Gasteiger partial charge in [-0.2, -0.15) is 0 Å². The molecule has 32 heavy (non-hydrogen) atoms. The number of hydrogen-bond donors (Lipinski definition) is 5. The minimum absolute atomic E-state index is 0.0753. The van der Waals surface area contributed by atoms with Gasteiger partial charge in [-0.25, -0.2) is 9.18 Å². The number of aryl methyl sites for hydroxylation is 1. The fourth-order valence-electron chi connectivity index (χ4n) is 3.14. The number of hydrogen-bond acceptors (Lipinski definition) is 4. The van der Waals surface area contributed by atoms with Crippen LogP contribution in [-0.2, 0) is 13.1 Å². The lowest BCUT2D eigenvalue weighted by atomic mass is 10.1. The molecule has 6 N–H and O–H groups in total. The van der Waals surface area contributed by atoms with Crippen LogP contribution in [0.4, 0.5) is 10.1 Å². The Labute approximate surface area is 184 Å². The van der Waals surface area contributed by atoms with E-state index in [0.717, 1.165) is 17.2 Å². The zero-order chi connectivity index (χ0) is 23.3. The van der Waals surface area contributed by atoms with E-state index < -0.39 is 11.8 Å². The first-order chi connectivity index (χ1) is 15.2. The fourth-order valence-corrected chi connectivity index (χ4v) is 3.14. The van der Waals surface area contributed by atoms with Gasteiger partial charge in [-0.1, -0.05) is 35.9 Å². The lowest BCUT2D eigenvalue weighted by Crippen LogP contribution is -2.23. The highest BCUT2D eigenvalue weighted by atomic mass is 19.1. The second kappa shape index (κ2) is 9.74. The summed E-state index contributed by atoms with van der Waals surface area (Å²) in [5.74, 6) is -2.20. The van der Waals surface area contributed by atoms with Gasteiger partial charge in [0.2, 0.25) is 0 Å². The molecule has 0 aliphatic rings. The highest BCUT2D eigenvalue weighted by Gasteiger charge is 2.12. The number of anilines is 1. The summed E-state index contributed by atoms with van der Waals surface area (Å²) in [5, 5.41) is 22.6. The van der Waals surface area contributed by atoms with Crippen LogP contribution in [0.3, 0.4) is 0 Å². The molecule has 1 amide bonds. The Morgan fingerprint density at radius 1 is 0.969 bits per heavy atom. The van der Waals surface area contributed by atoms with E-state index in [1.807, 2.05) is 19.1 Å². The van der Waals surface area contributed by atoms with Crippen LogP contribution in [-0.4, -0.2) is 22.8 Å². The van der Waals surface area contributed by atoms with Crippen molar-refractivity contribution in [3.05, 3.63) is 99.9 Å². The zero-order valence-electron chi connectivity index (χ0n) is 17.4. The molecule has 3 aromatic carbocycles. The number of halogens is 1. The van der Waals surface area contributed by atoms with Gasteiger partial charge in [-0.3, -0.25) is 10.2 Å². The van der Waals surface area contributed by atoms with Crippen LogP contribution in [0, 0.1) is 18.2 Å². The van der Waals surface area contributed by atoms with E-state index in [1.165, 1.54) is 12.1 Å². The average Bonchev–Trinajstić information content (AvgIpc) is 2.76. The lowest BCUT2D eigenvalue weighted by Gasteiger charge is -2.15. The highest BCUT2D eigenvalue weighted by Crippen LogP contribution is 2.20. The van der Waals surface area contributed by atoms with Crippen LogP contribution < -0.4 is 16.4 Å². The van der Waals surface area contributed by atoms with Crippen molar-refractivity contribution in [2.75, 3.05) is 5.32 Å². The second-order valence-corrected chi connectivity index (χ2v) is 7.30. The van der Waals surface area contributed by atoms with Crippen molar-refractivity contribution in [2.24, 2.45) is 5.73 Å². The molecule has 164 valence electrons. The summed E-state index contributed by atoms with van der Waals surface area (Å²) in [6.07, 6.45) is 0. The fraction of sp³-hybridized carbons (Fsp3) is 0.125. The molecular weight excluding hydrogens is 411 g/mol. The summed E-state index contributed by atoms with van der Waals surface area (Å²) in [6.45, 7) is 2.18. The first-order valence-electron chi connectivity index (χ1n) is 9.82. The van der Waals surface area contributed by atoms with E-state index in [2.05, 4.69) is 10.6 Å². The van der Waals surface area contributed by atoms with Gasteiger partial charge < -0.3 is 21.5 Å². The summed E-state index contributed by atoms with van der Waals surface area (Å²) in [7, 11) is 0. The molecule has 3 rings (SSSR count). The molecule has 0 heterocycles. The van der Waals surface area contributed by atoms with Gasteiger partial charge in [0.15, 0.2) is 0 Å². The van der Waals surface area contributed by atoms with Crippen LogP contribution in [0.1, 0.15) is 43.0 Å². The van der Waals surface area contributed by atoms with Gasteiger partial charge in [0.1, 0.15) is 11.7 Å². The number of amides is 1. The Kier molecular flexibility index (Phi) is 6.84. The van der Waals surface area contributed by atoms with Crippen molar-refractivity contribution in [3.8, 4) is 0 Å². The van der Waals surface area contributed by atoms with Crippen LogP contribution in [0.15, 0.2) is 60.7 Å². The summed E-state index contributed by atoms with van der Waals surface area (Å²) >= 11 is 0. The highest BCUT2D eigenvalue weighted by molar-refractivity contribution is 5.96. The van der Waals surface area contributed by atoms with E-state index >= 15 is 0 Å². The third-order valence-corrected chi connectivity index (χ3v) is 4.91. The predicted molar refractivity (Wildman–Crippen MR) is 120 cm³/mol. The van der Waals surface area contributed by atoms with E-state index in [1.54, 1.807) is 30.3 Å². The Morgan fingerprint density at radius 3 is 2.34 bits per heavy atom. The molecule has 0 spiro atoms. The van der Waals surface area contributed by atoms with Gasteiger partial charge in [0.25, 0.3) is 5.91 Å². The molecule has 0 aliphatic carbocycles. The molecule has 0 fully saturated rings. The number of carbonyl (C=O) groups excluding carboxylic acids is 1. The third kappa shape index (κ3) is 5.48.